The molecule has 0 radical (unpaired) electrons. The highest BCUT2D eigenvalue weighted by Gasteiger charge is 2.24. The second-order valence-corrected chi connectivity index (χ2v) is 14.9. The summed E-state index contributed by atoms with van der Waals surface area (Å²) in [6, 6.07) is 0. The van der Waals surface area contributed by atoms with Crippen molar-refractivity contribution < 1.29 is 25.2 Å². The molecule has 4 unspecified atom stereocenters. The van der Waals surface area contributed by atoms with Gasteiger partial charge in [0.2, 0.25) is 0 Å². The van der Waals surface area contributed by atoms with Gasteiger partial charge in [0.05, 0.1) is 0 Å². The minimum atomic E-state index is -1.46. The van der Waals surface area contributed by atoms with Crippen molar-refractivity contribution in [3.05, 3.63) is 0 Å². The predicted octanol–water partition coefficient (Wildman–Crippen LogP) is 12.4. The average Bonchev–Trinajstić information content (AvgIpc) is 3.07. The van der Waals surface area contributed by atoms with Crippen LogP contribution in [-0.4, -0.2) is 45.2 Å². The largest absolute Gasteiger partial charge is 0.388 e. The van der Waals surface area contributed by atoms with Crippen LogP contribution in [0.5, 0.6) is 0 Å². The molecule has 4 N–H and O–H groups in total. The third kappa shape index (κ3) is 35.4. The predicted molar refractivity (Wildman–Crippen MR) is 203 cm³/mol. The van der Waals surface area contributed by atoms with E-state index in [2.05, 4.69) is 13.8 Å². The van der Waals surface area contributed by atoms with Gasteiger partial charge in [-0.2, -0.15) is 0 Å². The van der Waals surface area contributed by atoms with E-state index in [1.54, 1.807) is 0 Å². The summed E-state index contributed by atoms with van der Waals surface area (Å²) >= 11 is 0. The number of ether oxygens (including phenoxy) is 1. The second kappa shape index (κ2) is 38.6. The first-order valence-corrected chi connectivity index (χ1v) is 21.4. The molecule has 0 aliphatic carbocycles. The molecule has 284 valence electrons. The second-order valence-electron chi connectivity index (χ2n) is 14.9. The molecule has 0 rings (SSSR count). The highest BCUT2D eigenvalue weighted by Crippen LogP contribution is 2.18. The number of hydrogen-bond acceptors (Lipinski definition) is 5. The van der Waals surface area contributed by atoms with Crippen molar-refractivity contribution >= 4 is 0 Å². The number of rotatable bonds is 40. The van der Waals surface area contributed by atoms with Crippen molar-refractivity contribution in [2.75, 3.05) is 0 Å². The Morgan fingerprint density at radius 3 is 0.638 bits per heavy atom. The third-order valence-corrected chi connectivity index (χ3v) is 10.1. The summed E-state index contributed by atoms with van der Waals surface area (Å²) < 4.78 is 5.15. The SMILES string of the molecule is CCCCCCCCCCCCCCCCCCCC(O)C(O)OC(O)C(O)CCCCCCCCCCCCCCCCCCC. The van der Waals surface area contributed by atoms with Crippen molar-refractivity contribution in [1.82, 2.24) is 0 Å². The number of aliphatic hydroxyl groups is 4. The summed E-state index contributed by atoms with van der Waals surface area (Å²) in [5.74, 6) is 0. The Morgan fingerprint density at radius 1 is 0.277 bits per heavy atom. The van der Waals surface area contributed by atoms with Crippen molar-refractivity contribution in [2.45, 2.75) is 270 Å². The summed E-state index contributed by atoms with van der Waals surface area (Å²) in [6.45, 7) is 4.55. The minimum Gasteiger partial charge on any atom is -0.388 e. The van der Waals surface area contributed by atoms with Crippen LogP contribution in [-0.2, 0) is 4.74 Å². The molecular formula is C42H86O5. The summed E-state index contributed by atoms with van der Waals surface area (Å²) in [5.41, 5.74) is 0. The lowest BCUT2D eigenvalue weighted by atomic mass is 10.0. The lowest BCUT2D eigenvalue weighted by molar-refractivity contribution is -0.267. The van der Waals surface area contributed by atoms with Crippen LogP contribution < -0.4 is 0 Å². The van der Waals surface area contributed by atoms with Gasteiger partial charge in [-0.05, 0) is 12.8 Å². The molecule has 0 spiro atoms. The Labute approximate surface area is 294 Å². The molecule has 5 nitrogen and oxygen atoms in total. The van der Waals surface area contributed by atoms with E-state index in [1.807, 2.05) is 0 Å². The highest BCUT2D eigenvalue weighted by atomic mass is 16.7. The molecule has 5 heteroatoms. The Bertz CT molecular complexity index is 525. The van der Waals surface area contributed by atoms with Crippen LogP contribution in [0.4, 0.5) is 0 Å². The summed E-state index contributed by atoms with van der Waals surface area (Å²) in [6.07, 6.45) is 40.4. The van der Waals surface area contributed by atoms with E-state index in [-0.39, 0.29) is 0 Å². The van der Waals surface area contributed by atoms with Crippen molar-refractivity contribution in [3.63, 3.8) is 0 Å². The Hall–Kier alpha value is -0.200. The van der Waals surface area contributed by atoms with E-state index in [0.717, 1.165) is 38.5 Å². The fraction of sp³-hybridized carbons (Fsp3) is 1.00. The lowest BCUT2D eigenvalue weighted by Gasteiger charge is -2.24. The number of hydrogen-bond donors (Lipinski definition) is 4. The topological polar surface area (TPSA) is 90.2 Å². The van der Waals surface area contributed by atoms with Crippen LogP contribution in [0.3, 0.4) is 0 Å². The first-order chi connectivity index (χ1) is 23.0. The van der Waals surface area contributed by atoms with Gasteiger partial charge in [-0.3, -0.25) is 0 Å². The van der Waals surface area contributed by atoms with Crippen molar-refractivity contribution in [2.24, 2.45) is 0 Å². The molecule has 0 saturated carbocycles. The molecule has 0 aromatic rings. The first-order valence-electron chi connectivity index (χ1n) is 21.4. The summed E-state index contributed by atoms with van der Waals surface area (Å²) in [5, 5.41) is 40.8. The zero-order valence-electron chi connectivity index (χ0n) is 32.0. The van der Waals surface area contributed by atoms with E-state index in [1.165, 1.54) is 180 Å². The van der Waals surface area contributed by atoms with Crippen molar-refractivity contribution in [3.8, 4) is 0 Å². The molecule has 0 aliphatic rings. The van der Waals surface area contributed by atoms with Crippen LogP contribution in [0.25, 0.3) is 0 Å². The maximum atomic E-state index is 10.2. The lowest BCUT2D eigenvalue weighted by Crippen LogP contribution is -2.38. The Morgan fingerprint density at radius 2 is 0.447 bits per heavy atom. The maximum absolute atomic E-state index is 10.2. The first kappa shape index (κ1) is 46.8. The van der Waals surface area contributed by atoms with Gasteiger partial charge in [0.25, 0.3) is 0 Å². The molecule has 0 amide bonds. The minimum absolute atomic E-state index is 0.446. The zero-order chi connectivity index (χ0) is 34.5. The van der Waals surface area contributed by atoms with Crippen LogP contribution in [0, 0.1) is 0 Å². The molecule has 0 aromatic carbocycles. The fourth-order valence-corrected chi connectivity index (χ4v) is 6.77. The fourth-order valence-electron chi connectivity index (χ4n) is 6.77. The molecule has 0 fully saturated rings. The van der Waals surface area contributed by atoms with Crippen LogP contribution in [0.1, 0.15) is 245 Å². The van der Waals surface area contributed by atoms with Crippen LogP contribution >= 0.6 is 0 Å². The Balaban J connectivity index is 3.48. The van der Waals surface area contributed by atoms with Gasteiger partial charge in [-0.15, -0.1) is 0 Å². The van der Waals surface area contributed by atoms with Crippen LogP contribution in [0.15, 0.2) is 0 Å². The van der Waals surface area contributed by atoms with E-state index in [9.17, 15) is 20.4 Å². The monoisotopic (exact) mass is 671 g/mol. The summed E-state index contributed by atoms with van der Waals surface area (Å²) in [4.78, 5) is 0. The van der Waals surface area contributed by atoms with Gasteiger partial charge in [-0.1, -0.05) is 232 Å². The molecule has 0 bridgehead atoms. The van der Waals surface area contributed by atoms with Gasteiger partial charge in [0.15, 0.2) is 12.6 Å². The molecule has 0 aliphatic heterocycles. The standard InChI is InChI=1S/C42H86O5/c1-3-5-7-9-11-13-15-17-19-21-23-25-27-29-31-33-35-37-39(43)41(45)47-42(46)40(44)38-36-34-32-30-28-26-24-22-20-18-16-14-12-10-8-6-4-2/h39-46H,3-38H2,1-2H3. The molecule has 47 heavy (non-hydrogen) atoms. The van der Waals surface area contributed by atoms with E-state index in [4.69, 9.17) is 4.74 Å². The van der Waals surface area contributed by atoms with Crippen molar-refractivity contribution in [1.29, 1.82) is 0 Å². The molecule has 0 saturated heterocycles. The van der Waals surface area contributed by atoms with E-state index < -0.39 is 24.8 Å². The highest BCUT2D eigenvalue weighted by molar-refractivity contribution is 4.65. The van der Waals surface area contributed by atoms with E-state index >= 15 is 0 Å². The number of aliphatic hydroxyl groups excluding tert-OH is 4. The van der Waals surface area contributed by atoms with Gasteiger partial charge in [0, 0.05) is 0 Å². The van der Waals surface area contributed by atoms with Gasteiger partial charge in [0.1, 0.15) is 12.2 Å². The molecular weight excluding hydrogens is 584 g/mol. The number of unbranched alkanes of at least 4 members (excludes halogenated alkanes) is 32. The Kier molecular flexibility index (Phi) is 38.4. The van der Waals surface area contributed by atoms with E-state index in [0.29, 0.717) is 12.8 Å². The molecule has 0 aromatic heterocycles. The average molecular weight is 671 g/mol. The quantitative estimate of drug-likeness (QED) is 0.0385. The smallest absolute Gasteiger partial charge is 0.184 e. The molecule has 4 atom stereocenters. The van der Waals surface area contributed by atoms with Crippen LogP contribution in [0.2, 0.25) is 0 Å². The normalized spacial score (nSPS) is 14.4. The van der Waals surface area contributed by atoms with Gasteiger partial charge in [-0.25, -0.2) is 0 Å². The van der Waals surface area contributed by atoms with Gasteiger partial charge >= 0.3 is 0 Å². The third-order valence-electron chi connectivity index (χ3n) is 10.1. The summed E-state index contributed by atoms with van der Waals surface area (Å²) in [7, 11) is 0. The maximum Gasteiger partial charge on any atom is 0.184 e. The van der Waals surface area contributed by atoms with Gasteiger partial charge < -0.3 is 25.2 Å². The molecule has 0 heterocycles. The zero-order valence-corrected chi connectivity index (χ0v) is 32.0.